The molecule has 0 amide bonds. The van der Waals surface area contributed by atoms with Gasteiger partial charge in [0, 0.05) is 6.04 Å². The van der Waals surface area contributed by atoms with Crippen LogP contribution in [0.3, 0.4) is 0 Å². The zero-order valence-electron chi connectivity index (χ0n) is 12.1. The van der Waals surface area contributed by atoms with E-state index in [4.69, 9.17) is 0 Å². The average molecular weight is 245 g/mol. The predicted molar refractivity (Wildman–Crippen MR) is 79.1 cm³/mol. The molecule has 2 atom stereocenters. The van der Waals surface area contributed by atoms with Gasteiger partial charge < -0.3 is 5.32 Å². The molecule has 0 bridgehead atoms. The molecule has 0 radical (unpaired) electrons. The Morgan fingerprint density at radius 1 is 1.17 bits per heavy atom. The Balaban J connectivity index is 2.00. The van der Waals surface area contributed by atoms with E-state index in [1.165, 1.54) is 37.7 Å². The Bertz CT molecular complexity index is 383. The molecule has 1 aromatic carbocycles. The number of hydrogen-bond donors (Lipinski definition) is 1. The van der Waals surface area contributed by atoms with Crippen LogP contribution >= 0.6 is 0 Å². The molecule has 1 aromatic rings. The van der Waals surface area contributed by atoms with Crippen molar-refractivity contribution in [3.05, 3.63) is 34.9 Å². The second-order valence-electron chi connectivity index (χ2n) is 5.71. The van der Waals surface area contributed by atoms with Crippen LogP contribution in [0.15, 0.2) is 18.2 Å². The van der Waals surface area contributed by atoms with E-state index >= 15 is 0 Å². The lowest BCUT2D eigenvalue weighted by Gasteiger charge is -2.23. The fourth-order valence-corrected chi connectivity index (χ4v) is 3.28. The fraction of sp³-hybridized carbons (Fsp3) is 0.647. The summed E-state index contributed by atoms with van der Waals surface area (Å²) in [7, 11) is 0. The summed E-state index contributed by atoms with van der Waals surface area (Å²) < 4.78 is 0. The summed E-state index contributed by atoms with van der Waals surface area (Å²) in [4.78, 5) is 0. The van der Waals surface area contributed by atoms with Crippen LogP contribution < -0.4 is 5.32 Å². The quantitative estimate of drug-likeness (QED) is 0.805. The number of nitrogens with one attached hydrogen (secondary N) is 1. The Morgan fingerprint density at radius 2 is 1.94 bits per heavy atom. The van der Waals surface area contributed by atoms with Crippen LogP contribution in [0.5, 0.6) is 0 Å². The SMILES string of the molecule is CCNC(CC)C(C)Cc1ccc2c(c1)CCC2. The zero-order chi connectivity index (χ0) is 13.0. The van der Waals surface area contributed by atoms with Crippen LogP contribution in [0, 0.1) is 5.92 Å². The molecule has 100 valence electrons. The van der Waals surface area contributed by atoms with E-state index in [9.17, 15) is 0 Å². The smallest absolute Gasteiger partial charge is 0.00931 e. The second kappa shape index (κ2) is 6.38. The molecule has 0 spiro atoms. The highest BCUT2D eigenvalue weighted by Crippen LogP contribution is 2.24. The van der Waals surface area contributed by atoms with Gasteiger partial charge in [-0.15, -0.1) is 0 Å². The summed E-state index contributed by atoms with van der Waals surface area (Å²) in [6.45, 7) is 7.94. The minimum Gasteiger partial charge on any atom is -0.314 e. The van der Waals surface area contributed by atoms with Crippen molar-refractivity contribution in [2.75, 3.05) is 6.54 Å². The first-order valence-corrected chi connectivity index (χ1v) is 7.58. The van der Waals surface area contributed by atoms with Gasteiger partial charge >= 0.3 is 0 Å². The van der Waals surface area contributed by atoms with Gasteiger partial charge in [-0.3, -0.25) is 0 Å². The van der Waals surface area contributed by atoms with E-state index in [0.29, 0.717) is 6.04 Å². The molecule has 0 fully saturated rings. The largest absolute Gasteiger partial charge is 0.314 e. The first kappa shape index (κ1) is 13.6. The molecule has 0 saturated carbocycles. The van der Waals surface area contributed by atoms with Crippen molar-refractivity contribution in [1.29, 1.82) is 0 Å². The predicted octanol–water partition coefficient (Wildman–Crippen LogP) is 3.74. The third kappa shape index (κ3) is 3.14. The fourth-order valence-electron chi connectivity index (χ4n) is 3.28. The van der Waals surface area contributed by atoms with Gasteiger partial charge in [-0.2, -0.15) is 0 Å². The molecule has 0 heterocycles. The number of hydrogen-bond acceptors (Lipinski definition) is 1. The van der Waals surface area contributed by atoms with Crippen LogP contribution in [0.2, 0.25) is 0 Å². The number of benzene rings is 1. The molecule has 18 heavy (non-hydrogen) atoms. The highest BCUT2D eigenvalue weighted by Gasteiger charge is 2.16. The maximum Gasteiger partial charge on any atom is 0.00931 e. The van der Waals surface area contributed by atoms with Crippen molar-refractivity contribution in [2.24, 2.45) is 5.92 Å². The molecule has 1 aliphatic rings. The maximum atomic E-state index is 3.60. The summed E-state index contributed by atoms with van der Waals surface area (Å²) in [5, 5.41) is 3.60. The van der Waals surface area contributed by atoms with Gasteiger partial charge in [0.1, 0.15) is 0 Å². The lowest BCUT2D eigenvalue weighted by Crippen LogP contribution is -2.35. The number of rotatable bonds is 6. The molecule has 2 rings (SSSR count). The molecule has 0 aromatic heterocycles. The van der Waals surface area contributed by atoms with Gasteiger partial charge in [0.15, 0.2) is 0 Å². The normalized spacial score (nSPS) is 17.5. The van der Waals surface area contributed by atoms with Crippen LogP contribution in [0.25, 0.3) is 0 Å². The van der Waals surface area contributed by atoms with Crippen molar-refractivity contribution in [3.8, 4) is 0 Å². The molecule has 0 aliphatic heterocycles. The van der Waals surface area contributed by atoms with Gasteiger partial charge in [0.2, 0.25) is 0 Å². The average Bonchev–Trinajstić information content (AvgIpc) is 2.83. The van der Waals surface area contributed by atoms with Gasteiger partial charge in [-0.25, -0.2) is 0 Å². The van der Waals surface area contributed by atoms with Crippen LogP contribution in [0.1, 0.15) is 50.3 Å². The first-order valence-electron chi connectivity index (χ1n) is 7.58. The molecule has 0 saturated heterocycles. The standard InChI is InChI=1S/C17H27N/c1-4-17(18-5-2)13(3)11-14-9-10-15-7-6-8-16(15)12-14/h9-10,12-13,17-18H,4-8,11H2,1-3H3. The van der Waals surface area contributed by atoms with E-state index in [0.717, 1.165) is 12.5 Å². The topological polar surface area (TPSA) is 12.0 Å². The molecule has 1 nitrogen and oxygen atoms in total. The van der Waals surface area contributed by atoms with Crippen molar-refractivity contribution < 1.29 is 0 Å². The van der Waals surface area contributed by atoms with Crippen molar-refractivity contribution in [3.63, 3.8) is 0 Å². The summed E-state index contributed by atoms with van der Waals surface area (Å²) in [5.41, 5.74) is 4.72. The lowest BCUT2D eigenvalue weighted by atomic mass is 9.91. The molecule has 1 heteroatoms. The Kier molecular flexibility index (Phi) is 4.82. The third-order valence-corrected chi connectivity index (χ3v) is 4.31. The number of fused-ring (bicyclic) bond motifs is 1. The molecule has 1 N–H and O–H groups in total. The monoisotopic (exact) mass is 245 g/mol. The van der Waals surface area contributed by atoms with Gasteiger partial charge in [-0.05, 0) is 61.3 Å². The summed E-state index contributed by atoms with van der Waals surface area (Å²) in [6.07, 6.45) is 6.37. The molecular weight excluding hydrogens is 218 g/mol. The van der Waals surface area contributed by atoms with E-state index < -0.39 is 0 Å². The zero-order valence-corrected chi connectivity index (χ0v) is 12.1. The van der Waals surface area contributed by atoms with E-state index in [1.807, 2.05) is 0 Å². The minimum atomic E-state index is 0.656. The van der Waals surface area contributed by atoms with E-state index in [2.05, 4.69) is 44.3 Å². The first-order chi connectivity index (χ1) is 8.74. The second-order valence-corrected chi connectivity index (χ2v) is 5.71. The Hall–Kier alpha value is -0.820. The maximum absolute atomic E-state index is 3.60. The van der Waals surface area contributed by atoms with Gasteiger partial charge in [0.05, 0.1) is 0 Å². The Labute approximate surface area is 112 Å². The van der Waals surface area contributed by atoms with Crippen molar-refractivity contribution >= 4 is 0 Å². The van der Waals surface area contributed by atoms with Crippen molar-refractivity contribution in [1.82, 2.24) is 5.32 Å². The van der Waals surface area contributed by atoms with E-state index in [-0.39, 0.29) is 0 Å². The third-order valence-electron chi connectivity index (χ3n) is 4.31. The van der Waals surface area contributed by atoms with E-state index in [1.54, 1.807) is 11.1 Å². The molecular formula is C17H27N. The summed E-state index contributed by atoms with van der Waals surface area (Å²) in [5.74, 6) is 0.717. The molecule has 1 aliphatic carbocycles. The highest BCUT2D eigenvalue weighted by molar-refractivity contribution is 5.35. The van der Waals surface area contributed by atoms with Crippen LogP contribution in [-0.4, -0.2) is 12.6 Å². The molecule has 2 unspecified atom stereocenters. The van der Waals surface area contributed by atoms with Crippen LogP contribution in [-0.2, 0) is 19.3 Å². The lowest BCUT2D eigenvalue weighted by molar-refractivity contribution is 0.371. The van der Waals surface area contributed by atoms with Crippen molar-refractivity contribution in [2.45, 2.75) is 58.9 Å². The minimum absolute atomic E-state index is 0.656. The highest BCUT2D eigenvalue weighted by atomic mass is 14.9. The van der Waals surface area contributed by atoms with Gasteiger partial charge in [0.25, 0.3) is 0 Å². The Morgan fingerprint density at radius 3 is 2.67 bits per heavy atom. The summed E-state index contributed by atoms with van der Waals surface area (Å²) >= 11 is 0. The number of aryl methyl sites for hydroxylation is 2. The summed E-state index contributed by atoms with van der Waals surface area (Å²) in [6, 6.07) is 7.82. The van der Waals surface area contributed by atoms with Crippen LogP contribution in [0.4, 0.5) is 0 Å². The van der Waals surface area contributed by atoms with Gasteiger partial charge in [-0.1, -0.05) is 39.0 Å².